The van der Waals surface area contributed by atoms with Gasteiger partial charge in [0.1, 0.15) is 12.2 Å². The van der Waals surface area contributed by atoms with E-state index >= 15 is 0 Å². The van der Waals surface area contributed by atoms with E-state index in [4.69, 9.17) is 0 Å². The van der Waals surface area contributed by atoms with Crippen molar-refractivity contribution < 1.29 is 0 Å². The van der Waals surface area contributed by atoms with E-state index < -0.39 is 0 Å². The Bertz CT molecular complexity index is 672. The summed E-state index contributed by atoms with van der Waals surface area (Å²) in [6.45, 7) is 3.73. The van der Waals surface area contributed by atoms with Crippen LogP contribution < -0.4 is 5.32 Å². The van der Waals surface area contributed by atoms with Crippen molar-refractivity contribution in [1.82, 2.24) is 35.5 Å². The van der Waals surface area contributed by atoms with Gasteiger partial charge in [-0.25, -0.2) is 9.67 Å². The standard InChI is InChI=1S/C13H15N7/c1-2-14-8-13-15-7-12(17-13)10-4-3-5-11(6-10)20-9-16-18-19-20/h3-7,9,14H,2,8H2,1H3,(H,15,17). The van der Waals surface area contributed by atoms with E-state index in [1.807, 2.05) is 30.5 Å². The highest BCUT2D eigenvalue weighted by Gasteiger charge is 2.05. The molecular formula is C13H15N7. The first-order valence-electron chi connectivity index (χ1n) is 6.45. The summed E-state index contributed by atoms with van der Waals surface area (Å²) in [6.07, 6.45) is 3.41. The number of aromatic amines is 1. The van der Waals surface area contributed by atoms with Gasteiger partial charge in [-0.15, -0.1) is 5.10 Å². The van der Waals surface area contributed by atoms with Crippen LogP contribution in [0.3, 0.4) is 0 Å². The Labute approximate surface area is 116 Å². The van der Waals surface area contributed by atoms with Crippen molar-refractivity contribution in [3.8, 4) is 16.9 Å². The normalized spacial score (nSPS) is 10.8. The number of tetrazole rings is 1. The van der Waals surface area contributed by atoms with Crippen LogP contribution >= 0.6 is 0 Å². The molecule has 2 aromatic heterocycles. The Morgan fingerprint density at radius 2 is 2.30 bits per heavy atom. The van der Waals surface area contributed by atoms with E-state index in [-0.39, 0.29) is 0 Å². The summed E-state index contributed by atoms with van der Waals surface area (Å²) >= 11 is 0. The van der Waals surface area contributed by atoms with Gasteiger partial charge >= 0.3 is 0 Å². The van der Waals surface area contributed by atoms with Crippen LogP contribution in [0.15, 0.2) is 36.8 Å². The van der Waals surface area contributed by atoms with Crippen molar-refractivity contribution in [3.05, 3.63) is 42.6 Å². The fourth-order valence-corrected chi connectivity index (χ4v) is 1.94. The lowest BCUT2D eigenvalue weighted by atomic mass is 10.1. The van der Waals surface area contributed by atoms with Crippen LogP contribution in [0.1, 0.15) is 12.7 Å². The number of hydrogen-bond acceptors (Lipinski definition) is 5. The van der Waals surface area contributed by atoms with E-state index in [1.165, 1.54) is 0 Å². The number of benzene rings is 1. The molecule has 0 saturated heterocycles. The van der Waals surface area contributed by atoms with Crippen LogP contribution in [0, 0.1) is 0 Å². The van der Waals surface area contributed by atoms with Crippen molar-refractivity contribution >= 4 is 0 Å². The molecule has 7 heteroatoms. The number of H-pyrrole nitrogens is 1. The molecule has 0 amide bonds. The molecule has 20 heavy (non-hydrogen) atoms. The summed E-state index contributed by atoms with van der Waals surface area (Å²) < 4.78 is 1.62. The number of nitrogens with one attached hydrogen (secondary N) is 2. The molecule has 3 aromatic rings. The summed E-state index contributed by atoms with van der Waals surface area (Å²) in [6, 6.07) is 7.96. The molecular weight excluding hydrogens is 254 g/mol. The van der Waals surface area contributed by atoms with E-state index in [2.05, 4.69) is 37.7 Å². The van der Waals surface area contributed by atoms with Crippen molar-refractivity contribution in [2.45, 2.75) is 13.5 Å². The van der Waals surface area contributed by atoms with Gasteiger partial charge in [-0.3, -0.25) is 0 Å². The molecule has 0 saturated carbocycles. The second kappa shape index (κ2) is 5.62. The zero-order valence-corrected chi connectivity index (χ0v) is 11.1. The van der Waals surface area contributed by atoms with Crippen molar-refractivity contribution in [1.29, 1.82) is 0 Å². The molecule has 3 rings (SSSR count). The molecule has 102 valence electrons. The minimum Gasteiger partial charge on any atom is -0.341 e. The molecule has 0 radical (unpaired) electrons. The van der Waals surface area contributed by atoms with Crippen LogP contribution in [0.5, 0.6) is 0 Å². The molecule has 0 aliphatic carbocycles. The second-order valence-electron chi connectivity index (χ2n) is 4.33. The maximum Gasteiger partial charge on any atom is 0.143 e. The summed E-state index contributed by atoms with van der Waals surface area (Å²) in [5.41, 5.74) is 2.94. The SMILES string of the molecule is CCNCc1ncc(-c2cccc(-n3cnnn3)c2)[nH]1. The Morgan fingerprint density at radius 1 is 1.35 bits per heavy atom. The molecule has 2 heterocycles. The number of nitrogens with zero attached hydrogens (tertiary/aromatic N) is 5. The van der Waals surface area contributed by atoms with Crippen molar-refractivity contribution in [2.75, 3.05) is 6.54 Å². The lowest BCUT2D eigenvalue weighted by molar-refractivity contribution is 0.698. The first-order valence-corrected chi connectivity index (χ1v) is 6.45. The van der Waals surface area contributed by atoms with E-state index in [1.54, 1.807) is 11.0 Å². The third kappa shape index (κ3) is 2.57. The zero-order valence-electron chi connectivity index (χ0n) is 11.1. The van der Waals surface area contributed by atoms with Crippen molar-refractivity contribution in [3.63, 3.8) is 0 Å². The van der Waals surface area contributed by atoms with Crippen LogP contribution in [-0.4, -0.2) is 36.7 Å². The average molecular weight is 269 g/mol. The van der Waals surface area contributed by atoms with Crippen LogP contribution in [0.4, 0.5) is 0 Å². The van der Waals surface area contributed by atoms with E-state index in [0.717, 1.165) is 35.9 Å². The fraction of sp³-hybridized carbons (Fsp3) is 0.231. The van der Waals surface area contributed by atoms with Gasteiger partial charge in [-0.1, -0.05) is 19.1 Å². The predicted octanol–water partition coefficient (Wildman–Crippen LogP) is 1.16. The summed E-state index contributed by atoms with van der Waals surface area (Å²) in [5.74, 6) is 0.926. The lowest BCUT2D eigenvalue weighted by Gasteiger charge is -2.02. The smallest absolute Gasteiger partial charge is 0.143 e. The monoisotopic (exact) mass is 269 g/mol. The Hall–Kier alpha value is -2.54. The minimum atomic E-state index is 0.739. The number of imidazole rings is 1. The maximum absolute atomic E-state index is 4.36. The first kappa shape index (κ1) is 12.5. The third-order valence-electron chi connectivity index (χ3n) is 2.94. The highest BCUT2D eigenvalue weighted by molar-refractivity contribution is 5.61. The van der Waals surface area contributed by atoms with Gasteiger partial charge in [0.05, 0.1) is 24.1 Å². The Morgan fingerprint density at radius 3 is 3.10 bits per heavy atom. The molecule has 0 fully saturated rings. The van der Waals surface area contributed by atoms with Gasteiger partial charge in [-0.05, 0) is 29.1 Å². The number of rotatable bonds is 5. The molecule has 0 unspecified atom stereocenters. The molecule has 7 nitrogen and oxygen atoms in total. The van der Waals surface area contributed by atoms with Gasteiger partial charge in [0.25, 0.3) is 0 Å². The molecule has 2 N–H and O–H groups in total. The lowest BCUT2D eigenvalue weighted by Crippen LogP contribution is -2.12. The van der Waals surface area contributed by atoms with Crippen LogP contribution in [0.2, 0.25) is 0 Å². The number of hydrogen-bond donors (Lipinski definition) is 2. The summed E-state index contributed by atoms with van der Waals surface area (Å²) in [5, 5.41) is 14.4. The van der Waals surface area contributed by atoms with E-state index in [9.17, 15) is 0 Å². The van der Waals surface area contributed by atoms with Gasteiger partial charge in [0, 0.05) is 5.56 Å². The van der Waals surface area contributed by atoms with Crippen LogP contribution in [0.25, 0.3) is 16.9 Å². The maximum atomic E-state index is 4.36. The first-order chi connectivity index (χ1) is 9.86. The molecule has 0 bridgehead atoms. The highest BCUT2D eigenvalue weighted by atomic mass is 15.5. The van der Waals surface area contributed by atoms with Crippen molar-refractivity contribution in [2.24, 2.45) is 0 Å². The van der Waals surface area contributed by atoms with Gasteiger partial charge in [-0.2, -0.15) is 0 Å². The fourth-order valence-electron chi connectivity index (χ4n) is 1.94. The zero-order chi connectivity index (χ0) is 13.8. The molecule has 1 aromatic carbocycles. The highest BCUT2D eigenvalue weighted by Crippen LogP contribution is 2.19. The average Bonchev–Trinajstić information content (AvgIpc) is 3.17. The molecule has 0 atom stereocenters. The van der Waals surface area contributed by atoms with E-state index in [0.29, 0.717) is 0 Å². The largest absolute Gasteiger partial charge is 0.341 e. The Balaban J connectivity index is 1.87. The summed E-state index contributed by atoms with van der Waals surface area (Å²) in [4.78, 5) is 7.66. The third-order valence-corrected chi connectivity index (χ3v) is 2.94. The summed E-state index contributed by atoms with van der Waals surface area (Å²) in [7, 11) is 0. The molecule has 0 aliphatic heterocycles. The van der Waals surface area contributed by atoms with Gasteiger partial charge in [0.2, 0.25) is 0 Å². The van der Waals surface area contributed by atoms with Crippen LogP contribution in [-0.2, 0) is 6.54 Å². The van der Waals surface area contributed by atoms with Gasteiger partial charge in [0.15, 0.2) is 0 Å². The quantitative estimate of drug-likeness (QED) is 0.726. The molecule has 0 spiro atoms. The molecule has 0 aliphatic rings. The topological polar surface area (TPSA) is 84.3 Å². The Kier molecular flexibility index (Phi) is 3.51. The second-order valence-corrected chi connectivity index (χ2v) is 4.33. The minimum absolute atomic E-state index is 0.739. The van der Waals surface area contributed by atoms with Gasteiger partial charge < -0.3 is 10.3 Å². The predicted molar refractivity (Wildman–Crippen MR) is 74.1 cm³/mol. The number of aromatic nitrogens is 6.